The average Bonchev–Trinajstić information content (AvgIpc) is 3.14. The third kappa shape index (κ3) is 2.52. The molecule has 0 aliphatic carbocycles. The summed E-state index contributed by atoms with van der Waals surface area (Å²) in [6.45, 7) is 3.67. The molecule has 0 spiro atoms. The van der Waals surface area contributed by atoms with Gasteiger partial charge in [-0.05, 0) is 37.6 Å². The number of nitrogens with one attached hydrogen (secondary N) is 1. The van der Waals surface area contributed by atoms with E-state index in [1.54, 1.807) is 19.2 Å². The number of thiazole rings is 1. The molecule has 0 saturated carbocycles. The van der Waals surface area contributed by atoms with E-state index in [0.717, 1.165) is 17.1 Å². The van der Waals surface area contributed by atoms with Crippen LogP contribution in [0.4, 0.5) is 15.2 Å². The molecule has 1 aromatic carbocycles. The largest absolute Gasteiger partial charge is 0.331 e. The van der Waals surface area contributed by atoms with Gasteiger partial charge in [-0.1, -0.05) is 6.07 Å². The topological polar surface area (TPSA) is 55.1 Å². The first-order valence-electron chi connectivity index (χ1n) is 7.40. The van der Waals surface area contributed by atoms with Gasteiger partial charge in [-0.25, -0.2) is 19.3 Å². The van der Waals surface area contributed by atoms with Crippen molar-refractivity contribution in [3.05, 3.63) is 59.1 Å². The highest BCUT2D eigenvalue weighted by molar-refractivity contribution is 7.14. The second-order valence-corrected chi connectivity index (χ2v) is 6.32. The van der Waals surface area contributed by atoms with Gasteiger partial charge < -0.3 is 5.32 Å². The molecule has 0 bridgehead atoms. The number of imidazole rings is 1. The zero-order valence-corrected chi connectivity index (χ0v) is 13.9. The molecular formula is C17H14FN5S. The molecular weight excluding hydrogens is 325 g/mol. The SMILES string of the molecule is Cc1ccc(Nc2nc(-c3c(C)nc4ncccn34)cs2)cc1F. The molecule has 120 valence electrons. The van der Waals surface area contributed by atoms with Gasteiger partial charge in [-0.15, -0.1) is 11.3 Å². The van der Waals surface area contributed by atoms with Gasteiger partial charge in [0.2, 0.25) is 5.78 Å². The highest BCUT2D eigenvalue weighted by Crippen LogP contribution is 2.29. The van der Waals surface area contributed by atoms with Gasteiger partial charge in [0, 0.05) is 23.5 Å². The van der Waals surface area contributed by atoms with Crippen molar-refractivity contribution in [1.29, 1.82) is 0 Å². The molecule has 0 aliphatic heterocycles. The quantitative estimate of drug-likeness (QED) is 0.603. The van der Waals surface area contributed by atoms with Crippen molar-refractivity contribution in [2.24, 2.45) is 0 Å². The summed E-state index contributed by atoms with van der Waals surface area (Å²) in [5.41, 5.74) is 3.89. The van der Waals surface area contributed by atoms with Crippen LogP contribution in [0.1, 0.15) is 11.3 Å². The van der Waals surface area contributed by atoms with Crippen LogP contribution in [0, 0.1) is 19.7 Å². The molecule has 4 rings (SSSR count). The van der Waals surface area contributed by atoms with Crippen molar-refractivity contribution >= 4 is 27.9 Å². The van der Waals surface area contributed by atoms with E-state index in [1.807, 2.05) is 35.0 Å². The Labute approximate surface area is 141 Å². The van der Waals surface area contributed by atoms with Crippen LogP contribution in [0.25, 0.3) is 17.2 Å². The lowest BCUT2D eigenvalue weighted by Gasteiger charge is -2.04. The monoisotopic (exact) mass is 339 g/mol. The van der Waals surface area contributed by atoms with Crippen molar-refractivity contribution in [2.75, 3.05) is 5.32 Å². The summed E-state index contributed by atoms with van der Waals surface area (Å²) < 4.78 is 15.6. The number of rotatable bonds is 3. The molecule has 5 nitrogen and oxygen atoms in total. The van der Waals surface area contributed by atoms with E-state index in [0.29, 0.717) is 22.2 Å². The van der Waals surface area contributed by atoms with Gasteiger partial charge >= 0.3 is 0 Å². The second kappa shape index (κ2) is 5.68. The lowest BCUT2D eigenvalue weighted by atomic mass is 10.2. The van der Waals surface area contributed by atoms with E-state index in [4.69, 9.17) is 0 Å². The number of fused-ring (bicyclic) bond motifs is 1. The summed E-state index contributed by atoms with van der Waals surface area (Å²) in [6.07, 6.45) is 3.63. The molecule has 0 radical (unpaired) electrons. The van der Waals surface area contributed by atoms with E-state index >= 15 is 0 Å². The molecule has 4 aromatic rings. The minimum Gasteiger partial charge on any atom is -0.331 e. The van der Waals surface area contributed by atoms with Crippen molar-refractivity contribution in [1.82, 2.24) is 19.4 Å². The Kier molecular flexibility index (Phi) is 3.50. The van der Waals surface area contributed by atoms with E-state index in [2.05, 4.69) is 20.3 Å². The fraction of sp³-hybridized carbons (Fsp3) is 0.118. The van der Waals surface area contributed by atoms with E-state index < -0.39 is 0 Å². The number of aromatic nitrogens is 4. The van der Waals surface area contributed by atoms with Crippen LogP contribution < -0.4 is 5.32 Å². The standard InChI is InChI=1S/C17H14FN5S/c1-10-4-5-12(8-13(10)18)21-17-22-14(9-24-17)15-11(2)20-16-19-6-3-7-23(15)16/h3-9H,1-2H3,(H,21,22). The molecule has 0 unspecified atom stereocenters. The van der Waals surface area contributed by atoms with Gasteiger partial charge in [0.15, 0.2) is 5.13 Å². The summed E-state index contributed by atoms with van der Waals surface area (Å²) in [5, 5.41) is 5.80. The Bertz CT molecular complexity index is 1040. The highest BCUT2D eigenvalue weighted by Gasteiger charge is 2.14. The minimum absolute atomic E-state index is 0.236. The summed E-state index contributed by atoms with van der Waals surface area (Å²) in [4.78, 5) is 13.3. The van der Waals surface area contributed by atoms with Gasteiger partial charge in [0.1, 0.15) is 11.5 Å². The van der Waals surface area contributed by atoms with Crippen molar-refractivity contribution < 1.29 is 4.39 Å². The first-order chi connectivity index (χ1) is 11.6. The Morgan fingerprint density at radius 3 is 2.92 bits per heavy atom. The smallest absolute Gasteiger partial charge is 0.234 e. The molecule has 3 heterocycles. The summed E-state index contributed by atoms with van der Waals surface area (Å²) >= 11 is 1.46. The molecule has 0 saturated heterocycles. The molecule has 0 aliphatic rings. The Hall–Kier alpha value is -2.80. The van der Waals surface area contributed by atoms with Crippen LogP contribution in [0.5, 0.6) is 0 Å². The summed E-state index contributed by atoms with van der Waals surface area (Å²) in [5.74, 6) is 0.411. The lowest BCUT2D eigenvalue weighted by molar-refractivity contribution is 0.619. The van der Waals surface area contributed by atoms with Crippen LogP contribution in [0.2, 0.25) is 0 Å². The highest BCUT2D eigenvalue weighted by atomic mass is 32.1. The first-order valence-corrected chi connectivity index (χ1v) is 8.28. The van der Waals surface area contributed by atoms with Crippen LogP contribution in [0.15, 0.2) is 42.0 Å². The number of benzene rings is 1. The minimum atomic E-state index is -0.236. The maximum Gasteiger partial charge on any atom is 0.234 e. The van der Waals surface area contributed by atoms with Crippen molar-refractivity contribution in [3.63, 3.8) is 0 Å². The molecule has 0 atom stereocenters. The van der Waals surface area contributed by atoms with Crippen molar-refractivity contribution in [3.8, 4) is 11.4 Å². The number of halogens is 1. The fourth-order valence-electron chi connectivity index (χ4n) is 2.54. The number of hydrogen-bond acceptors (Lipinski definition) is 5. The summed E-state index contributed by atoms with van der Waals surface area (Å²) in [7, 11) is 0. The summed E-state index contributed by atoms with van der Waals surface area (Å²) in [6, 6.07) is 6.91. The second-order valence-electron chi connectivity index (χ2n) is 5.46. The molecule has 0 fully saturated rings. The van der Waals surface area contributed by atoms with Crippen LogP contribution in [-0.2, 0) is 0 Å². The zero-order valence-electron chi connectivity index (χ0n) is 13.1. The predicted molar refractivity (Wildman–Crippen MR) is 93.3 cm³/mol. The first kappa shape index (κ1) is 14.8. The normalized spacial score (nSPS) is 11.1. The third-order valence-corrected chi connectivity index (χ3v) is 4.51. The maximum atomic E-state index is 13.7. The predicted octanol–water partition coefficient (Wildman–Crippen LogP) is 4.35. The van der Waals surface area contributed by atoms with Crippen LogP contribution >= 0.6 is 11.3 Å². The Balaban J connectivity index is 1.69. The van der Waals surface area contributed by atoms with Gasteiger partial charge in [-0.2, -0.15) is 0 Å². The number of hydrogen-bond donors (Lipinski definition) is 1. The maximum absolute atomic E-state index is 13.7. The van der Waals surface area contributed by atoms with E-state index in [-0.39, 0.29) is 5.82 Å². The molecule has 24 heavy (non-hydrogen) atoms. The number of nitrogens with zero attached hydrogens (tertiary/aromatic N) is 4. The molecule has 7 heteroatoms. The lowest BCUT2D eigenvalue weighted by Crippen LogP contribution is -1.93. The third-order valence-electron chi connectivity index (χ3n) is 3.75. The van der Waals surface area contributed by atoms with Crippen molar-refractivity contribution in [2.45, 2.75) is 13.8 Å². The molecule has 0 amide bonds. The van der Waals surface area contributed by atoms with Crippen LogP contribution in [-0.4, -0.2) is 19.4 Å². The van der Waals surface area contributed by atoms with Crippen LogP contribution in [0.3, 0.4) is 0 Å². The van der Waals surface area contributed by atoms with Gasteiger partial charge in [0.25, 0.3) is 0 Å². The number of aryl methyl sites for hydroxylation is 2. The van der Waals surface area contributed by atoms with Gasteiger partial charge in [-0.3, -0.25) is 4.40 Å². The number of anilines is 2. The molecule has 3 aromatic heterocycles. The fourth-order valence-corrected chi connectivity index (χ4v) is 3.26. The van der Waals surface area contributed by atoms with Gasteiger partial charge in [0.05, 0.1) is 11.4 Å². The Morgan fingerprint density at radius 2 is 2.08 bits per heavy atom. The zero-order chi connectivity index (χ0) is 16.7. The Morgan fingerprint density at radius 1 is 1.21 bits per heavy atom. The molecule has 1 N–H and O–H groups in total. The average molecular weight is 339 g/mol. The van der Waals surface area contributed by atoms with E-state index in [1.165, 1.54) is 17.4 Å². The van der Waals surface area contributed by atoms with E-state index in [9.17, 15) is 4.39 Å².